The van der Waals surface area contributed by atoms with E-state index in [-0.39, 0.29) is 23.9 Å². The molecule has 0 atom stereocenters. The van der Waals surface area contributed by atoms with Gasteiger partial charge >= 0.3 is 0 Å². The Morgan fingerprint density at radius 1 is 1.19 bits per heavy atom. The lowest BCUT2D eigenvalue weighted by Crippen LogP contribution is -2.26. The van der Waals surface area contributed by atoms with Crippen LogP contribution in [-0.2, 0) is 0 Å². The summed E-state index contributed by atoms with van der Waals surface area (Å²) in [7, 11) is 1.59. The number of amidine groups is 1. The number of phenols is 1. The molecular weight excluding hydrogens is 332 g/mol. The van der Waals surface area contributed by atoms with Crippen molar-refractivity contribution in [3.63, 3.8) is 0 Å². The van der Waals surface area contributed by atoms with Crippen LogP contribution in [0.15, 0.2) is 42.2 Å². The van der Waals surface area contributed by atoms with Gasteiger partial charge in [-0.1, -0.05) is 6.07 Å². The summed E-state index contributed by atoms with van der Waals surface area (Å²) in [4.78, 5) is 9.25. The van der Waals surface area contributed by atoms with E-state index in [1.54, 1.807) is 31.1 Å². The molecule has 132 valence electrons. The molecule has 0 saturated carbocycles. The van der Waals surface area contributed by atoms with Gasteiger partial charge in [-0.15, -0.1) is 0 Å². The second kappa shape index (κ2) is 5.80. The molecular formula is C19H18N4O3. The highest BCUT2D eigenvalue weighted by Gasteiger charge is 2.31. The van der Waals surface area contributed by atoms with Gasteiger partial charge in [0.15, 0.2) is 0 Å². The predicted octanol–water partition coefficient (Wildman–Crippen LogP) is 3.35. The lowest BCUT2D eigenvalue weighted by Gasteiger charge is -2.19. The van der Waals surface area contributed by atoms with E-state index in [1.807, 2.05) is 24.3 Å². The Bertz CT molecular complexity index is 1070. The summed E-state index contributed by atoms with van der Waals surface area (Å²) < 4.78 is 5.21. The van der Waals surface area contributed by atoms with Gasteiger partial charge in [0.05, 0.1) is 30.3 Å². The number of imidazole rings is 1. The van der Waals surface area contributed by atoms with E-state index in [9.17, 15) is 10.2 Å². The molecule has 26 heavy (non-hydrogen) atoms. The number of benzene rings is 2. The molecule has 0 amide bonds. The van der Waals surface area contributed by atoms with Gasteiger partial charge in [-0.2, -0.15) is 0 Å². The Hall–Kier alpha value is -3.48. The number of aromatic amines is 1. The van der Waals surface area contributed by atoms with Crippen molar-refractivity contribution >= 4 is 28.1 Å². The first kappa shape index (κ1) is 16.0. The van der Waals surface area contributed by atoms with E-state index in [2.05, 4.69) is 9.97 Å². The summed E-state index contributed by atoms with van der Waals surface area (Å²) in [6, 6.07) is 10.6. The van der Waals surface area contributed by atoms with Crippen LogP contribution in [0.25, 0.3) is 16.6 Å². The number of anilines is 1. The van der Waals surface area contributed by atoms with Crippen LogP contribution in [0, 0.1) is 12.3 Å². The van der Waals surface area contributed by atoms with Crippen LogP contribution in [0.3, 0.4) is 0 Å². The maximum Gasteiger partial charge on any atom is 0.145 e. The Labute approximate surface area is 149 Å². The van der Waals surface area contributed by atoms with Crippen molar-refractivity contribution in [3.05, 3.63) is 53.5 Å². The molecule has 4 N–H and O–H groups in total. The van der Waals surface area contributed by atoms with Crippen molar-refractivity contribution in [3.8, 4) is 11.5 Å². The van der Waals surface area contributed by atoms with Crippen molar-refractivity contribution in [2.24, 2.45) is 0 Å². The summed E-state index contributed by atoms with van der Waals surface area (Å²) in [6.07, 6.45) is 0. The van der Waals surface area contributed by atoms with E-state index in [4.69, 9.17) is 10.1 Å². The van der Waals surface area contributed by atoms with Gasteiger partial charge in [-0.05, 0) is 30.7 Å². The average Bonchev–Trinajstić information content (AvgIpc) is 3.16. The molecule has 1 aliphatic rings. The molecule has 3 aromatic rings. The molecule has 2 aromatic carbocycles. The van der Waals surface area contributed by atoms with Crippen LogP contribution in [0.1, 0.15) is 11.4 Å². The Morgan fingerprint density at radius 2 is 2.00 bits per heavy atom. The minimum Gasteiger partial charge on any atom is -0.509 e. The van der Waals surface area contributed by atoms with Crippen LogP contribution in [0.5, 0.6) is 11.5 Å². The predicted molar refractivity (Wildman–Crippen MR) is 100 cm³/mol. The molecule has 1 aromatic heterocycles. The highest BCUT2D eigenvalue weighted by Crippen LogP contribution is 2.33. The van der Waals surface area contributed by atoms with E-state index in [0.717, 1.165) is 16.6 Å². The summed E-state index contributed by atoms with van der Waals surface area (Å²) in [5.74, 6) is 1.45. The van der Waals surface area contributed by atoms with E-state index >= 15 is 0 Å². The standard InChI is InChI=1S/C19H18N4O3/c1-10-3-4-11(7-15(10)24)23-9-16(25)17(18(23)20)19-21-13-6-5-12(26-2)8-14(13)22-19/h3-8,20,24-25H,9H2,1-2H3,(H,21,22). The van der Waals surface area contributed by atoms with Crippen LogP contribution in [0.2, 0.25) is 0 Å². The molecule has 0 fully saturated rings. The van der Waals surface area contributed by atoms with Gasteiger partial charge < -0.3 is 24.8 Å². The third-order valence-corrected chi connectivity index (χ3v) is 4.53. The second-order valence-electron chi connectivity index (χ2n) is 6.20. The summed E-state index contributed by atoms with van der Waals surface area (Å²) in [5, 5.41) is 28.9. The van der Waals surface area contributed by atoms with Gasteiger partial charge in [0.2, 0.25) is 0 Å². The largest absolute Gasteiger partial charge is 0.509 e. The van der Waals surface area contributed by atoms with Crippen molar-refractivity contribution in [1.82, 2.24) is 9.97 Å². The van der Waals surface area contributed by atoms with Crippen molar-refractivity contribution in [1.29, 1.82) is 5.41 Å². The Balaban J connectivity index is 1.71. The maximum absolute atomic E-state index is 10.4. The number of fused-ring (bicyclic) bond motifs is 1. The number of H-pyrrole nitrogens is 1. The number of methoxy groups -OCH3 is 1. The molecule has 0 saturated heterocycles. The normalized spacial score (nSPS) is 14.5. The number of phenolic OH excluding ortho intramolecular Hbond substituents is 1. The molecule has 7 heteroatoms. The van der Waals surface area contributed by atoms with Crippen LogP contribution in [0.4, 0.5) is 5.69 Å². The minimum absolute atomic E-state index is 0.0566. The fourth-order valence-corrected chi connectivity index (χ4v) is 3.05. The molecule has 4 rings (SSSR count). The van der Waals surface area contributed by atoms with E-state index < -0.39 is 0 Å². The number of aryl methyl sites for hydroxylation is 1. The van der Waals surface area contributed by atoms with Crippen molar-refractivity contribution in [2.45, 2.75) is 6.92 Å². The lowest BCUT2D eigenvalue weighted by atomic mass is 10.2. The fraction of sp³-hybridized carbons (Fsp3) is 0.158. The van der Waals surface area contributed by atoms with Gasteiger partial charge in [-0.3, -0.25) is 5.41 Å². The third-order valence-electron chi connectivity index (χ3n) is 4.53. The number of nitrogens with one attached hydrogen (secondary N) is 2. The number of aromatic hydroxyl groups is 1. The molecule has 0 aliphatic carbocycles. The zero-order valence-corrected chi connectivity index (χ0v) is 14.4. The number of nitrogens with zero attached hydrogens (tertiary/aromatic N) is 2. The number of hydrogen-bond donors (Lipinski definition) is 4. The average molecular weight is 350 g/mol. The van der Waals surface area contributed by atoms with Gasteiger partial charge in [0, 0.05) is 17.8 Å². The topological polar surface area (TPSA) is 105 Å². The first-order valence-electron chi connectivity index (χ1n) is 8.10. The van der Waals surface area contributed by atoms with Crippen molar-refractivity contribution < 1.29 is 14.9 Å². The number of ether oxygens (including phenoxy) is 1. The summed E-state index contributed by atoms with van der Waals surface area (Å²) >= 11 is 0. The maximum atomic E-state index is 10.4. The number of hydrogen-bond acceptors (Lipinski definition) is 5. The van der Waals surface area contributed by atoms with E-state index in [0.29, 0.717) is 22.8 Å². The number of rotatable bonds is 3. The molecule has 1 aliphatic heterocycles. The highest BCUT2D eigenvalue weighted by atomic mass is 16.5. The quantitative estimate of drug-likeness (QED) is 0.580. The van der Waals surface area contributed by atoms with Gasteiger partial charge in [0.25, 0.3) is 0 Å². The molecule has 0 spiro atoms. The van der Waals surface area contributed by atoms with Crippen LogP contribution in [-0.4, -0.2) is 39.7 Å². The number of aliphatic hydroxyl groups is 1. The van der Waals surface area contributed by atoms with E-state index in [1.165, 1.54) is 0 Å². The summed E-state index contributed by atoms with van der Waals surface area (Å²) in [5.41, 5.74) is 3.22. The smallest absolute Gasteiger partial charge is 0.145 e. The highest BCUT2D eigenvalue weighted by molar-refractivity contribution is 6.30. The molecule has 0 unspecified atom stereocenters. The fourth-order valence-electron chi connectivity index (χ4n) is 3.05. The Morgan fingerprint density at radius 3 is 2.73 bits per heavy atom. The first-order valence-corrected chi connectivity index (χ1v) is 8.10. The SMILES string of the molecule is COc1ccc2nc(C3=C(O)CN(c4ccc(C)c(O)c4)C3=N)[nH]c2c1. The number of aliphatic hydroxyl groups excluding tert-OH is 1. The van der Waals surface area contributed by atoms with Crippen LogP contribution >= 0.6 is 0 Å². The second-order valence-corrected chi connectivity index (χ2v) is 6.20. The minimum atomic E-state index is 0.0566. The zero-order valence-electron chi connectivity index (χ0n) is 14.4. The third kappa shape index (κ3) is 2.45. The van der Waals surface area contributed by atoms with Crippen molar-refractivity contribution in [2.75, 3.05) is 18.6 Å². The molecule has 2 heterocycles. The zero-order chi connectivity index (χ0) is 18.4. The molecule has 0 bridgehead atoms. The van der Waals surface area contributed by atoms with Gasteiger partial charge in [0.1, 0.15) is 28.9 Å². The molecule has 0 radical (unpaired) electrons. The molecule has 7 nitrogen and oxygen atoms in total. The lowest BCUT2D eigenvalue weighted by molar-refractivity contribution is 0.411. The first-order chi connectivity index (χ1) is 12.5. The Kier molecular flexibility index (Phi) is 3.57. The monoisotopic (exact) mass is 350 g/mol. The number of aromatic nitrogens is 2. The van der Waals surface area contributed by atoms with Gasteiger partial charge in [-0.25, -0.2) is 4.98 Å². The van der Waals surface area contributed by atoms with Crippen LogP contribution < -0.4 is 9.64 Å². The summed E-state index contributed by atoms with van der Waals surface area (Å²) in [6.45, 7) is 1.95.